The molecule has 0 unspecified atom stereocenters. The lowest BCUT2D eigenvalue weighted by Crippen LogP contribution is -2.47. The van der Waals surface area contributed by atoms with Crippen LogP contribution in [0, 0.1) is 12.8 Å². The quantitative estimate of drug-likeness (QED) is 0.601. The Kier molecular flexibility index (Phi) is 8.04. The summed E-state index contributed by atoms with van der Waals surface area (Å²) in [4.78, 5) is 40.3. The molecule has 2 aromatic carbocycles. The summed E-state index contributed by atoms with van der Waals surface area (Å²) in [5, 5.41) is 2.78. The number of nitrogens with zero attached hydrogens (tertiary/aromatic N) is 1. The zero-order valence-electron chi connectivity index (χ0n) is 21.2. The van der Waals surface area contributed by atoms with Crippen LogP contribution in [0.4, 0.5) is 5.69 Å². The van der Waals surface area contributed by atoms with E-state index in [0.29, 0.717) is 29.2 Å². The number of carbonyl (C=O) groups excluding carboxylic acids is 3. The molecule has 35 heavy (non-hydrogen) atoms. The number of nitrogens with one attached hydrogen (secondary N) is 1. The molecule has 1 heterocycles. The van der Waals surface area contributed by atoms with Crippen LogP contribution in [-0.4, -0.2) is 44.1 Å². The lowest BCUT2D eigenvalue weighted by molar-refractivity contribution is -0.155. The van der Waals surface area contributed by atoms with Crippen molar-refractivity contribution in [2.75, 3.05) is 25.7 Å². The third-order valence-corrected chi connectivity index (χ3v) is 5.82. The molecule has 8 heteroatoms. The van der Waals surface area contributed by atoms with Crippen molar-refractivity contribution in [2.45, 2.75) is 52.1 Å². The van der Waals surface area contributed by atoms with E-state index in [1.54, 1.807) is 24.1 Å². The molecular formula is C27H34N2O6. The molecule has 8 nitrogen and oxygen atoms in total. The Morgan fingerprint density at radius 2 is 1.69 bits per heavy atom. The molecule has 0 aromatic heterocycles. The first kappa shape index (κ1) is 26.1. The Bertz CT molecular complexity index is 1070. The third kappa shape index (κ3) is 6.32. The van der Waals surface area contributed by atoms with Gasteiger partial charge in [0.1, 0.15) is 0 Å². The SMILES string of the molecule is COc1ccc([C@H]2[C@H](C(=O)OCC(=O)NC(C)(C)C)CCC(=O)N2c2ccc(C)cc2)cc1OC. The third-order valence-electron chi connectivity index (χ3n) is 5.82. The number of rotatable bonds is 7. The monoisotopic (exact) mass is 482 g/mol. The Balaban J connectivity index is 1.98. The second kappa shape index (κ2) is 10.8. The maximum atomic E-state index is 13.3. The molecular weight excluding hydrogens is 448 g/mol. The normalized spacial score (nSPS) is 18.1. The van der Waals surface area contributed by atoms with Crippen LogP contribution in [0.1, 0.15) is 50.8 Å². The molecule has 2 amide bonds. The molecule has 1 saturated heterocycles. The van der Waals surface area contributed by atoms with Crippen LogP contribution in [0.25, 0.3) is 0 Å². The maximum Gasteiger partial charge on any atom is 0.311 e. The first-order chi connectivity index (χ1) is 16.5. The van der Waals surface area contributed by atoms with E-state index in [9.17, 15) is 14.4 Å². The predicted octanol–water partition coefficient (Wildman–Crippen LogP) is 3.95. The van der Waals surface area contributed by atoms with Crippen molar-refractivity contribution in [2.24, 2.45) is 5.92 Å². The molecule has 1 N–H and O–H groups in total. The van der Waals surface area contributed by atoms with Crippen molar-refractivity contribution < 1.29 is 28.6 Å². The number of hydrogen-bond acceptors (Lipinski definition) is 6. The summed E-state index contributed by atoms with van der Waals surface area (Å²) in [7, 11) is 3.08. The van der Waals surface area contributed by atoms with E-state index < -0.39 is 23.5 Å². The first-order valence-corrected chi connectivity index (χ1v) is 11.6. The smallest absolute Gasteiger partial charge is 0.311 e. The molecule has 1 aliphatic rings. The number of aryl methyl sites for hydroxylation is 1. The maximum absolute atomic E-state index is 13.3. The van der Waals surface area contributed by atoms with Crippen molar-refractivity contribution in [3.63, 3.8) is 0 Å². The van der Waals surface area contributed by atoms with E-state index in [2.05, 4.69) is 5.32 Å². The highest BCUT2D eigenvalue weighted by atomic mass is 16.5. The number of ether oxygens (including phenoxy) is 3. The highest BCUT2D eigenvalue weighted by molar-refractivity contribution is 5.97. The van der Waals surface area contributed by atoms with E-state index in [1.807, 2.05) is 58.0 Å². The lowest BCUT2D eigenvalue weighted by Gasteiger charge is -2.40. The van der Waals surface area contributed by atoms with E-state index >= 15 is 0 Å². The Labute approximate surface area is 206 Å². The number of piperidine rings is 1. The molecule has 0 aliphatic carbocycles. The first-order valence-electron chi connectivity index (χ1n) is 11.6. The number of hydrogen-bond donors (Lipinski definition) is 1. The minimum absolute atomic E-state index is 0.0943. The molecule has 2 atom stereocenters. The second-order valence-electron chi connectivity index (χ2n) is 9.71. The number of methoxy groups -OCH3 is 2. The van der Waals surface area contributed by atoms with Gasteiger partial charge in [-0.15, -0.1) is 0 Å². The summed E-state index contributed by atoms with van der Waals surface area (Å²) < 4.78 is 16.3. The number of anilines is 1. The lowest BCUT2D eigenvalue weighted by atomic mass is 9.83. The molecule has 0 radical (unpaired) electrons. The van der Waals surface area contributed by atoms with Crippen LogP contribution in [0.5, 0.6) is 11.5 Å². The minimum Gasteiger partial charge on any atom is -0.493 e. The van der Waals surface area contributed by atoms with Crippen LogP contribution in [0.3, 0.4) is 0 Å². The topological polar surface area (TPSA) is 94.2 Å². The highest BCUT2D eigenvalue weighted by Gasteiger charge is 2.42. The number of esters is 1. The van der Waals surface area contributed by atoms with Gasteiger partial charge in [-0.05, 0) is 63.9 Å². The van der Waals surface area contributed by atoms with E-state index in [4.69, 9.17) is 14.2 Å². The largest absolute Gasteiger partial charge is 0.493 e. The van der Waals surface area contributed by atoms with E-state index in [0.717, 1.165) is 5.56 Å². The fraction of sp³-hybridized carbons (Fsp3) is 0.444. The molecule has 2 aromatic rings. The molecule has 1 aliphatic heterocycles. The van der Waals surface area contributed by atoms with Gasteiger partial charge in [0.2, 0.25) is 5.91 Å². The highest BCUT2D eigenvalue weighted by Crippen LogP contribution is 2.42. The minimum atomic E-state index is -0.672. The molecule has 0 spiro atoms. The van der Waals surface area contributed by atoms with Gasteiger partial charge < -0.3 is 24.4 Å². The van der Waals surface area contributed by atoms with Gasteiger partial charge in [0.25, 0.3) is 5.91 Å². The van der Waals surface area contributed by atoms with Crippen LogP contribution in [-0.2, 0) is 19.1 Å². The fourth-order valence-electron chi connectivity index (χ4n) is 4.27. The Morgan fingerprint density at radius 3 is 2.29 bits per heavy atom. The van der Waals surface area contributed by atoms with Crippen molar-refractivity contribution in [1.29, 1.82) is 0 Å². The standard InChI is InChI=1S/C27H34N2O6/c1-17-7-10-19(11-8-17)29-24(31)14-12-20(26(32)35-16-23(30)28-27(2,3)4)25(29)18-9-13-21(33-5)22(15-18)34-6/h7-11,13,15,20,25H,12,14,16H2,1-6H3,(H,28,30)/t20-,25+/m1/s1. The fourth-order valence-corrected chi connectivity index (χ4v) is 4.27. The van der Waals surface area contributed by atoms with Gasteiger partial charge in [-0.25, -0.2) is 0 Å². The Morgan fingerprint density at radius 1 is 1.03 bits per heavy atom. The van der Waals surface area contributed by atoms with Gasteiger partial charge in [0.15, 0.2) is 18.1 Å². The van der Waals surface area contributed by atoms with Crippen LogP contribution in [0.15, 0.2) is 42.5 Å². The summed E-state index contributed by atoms with van der Waals surface area (Å²) in [6.07, 6.45) is 0.492. The number of benzene rings is 2. The summed E-state index contributed by atoms with van der Waals surface area (Å²) in [6, 6.07) is 12.3. The molecule has 0 bridgehead atoms. The zero-order valence-corrected chi connectivity index (χ0v) is 21.2. The zero-order chi connectivity index (χ0) is 25.8. The van der Waals surface area contributed by atoms with Gasteiger partial charge in [0.05, 0.1) is 26.2 Å². The molecule has 0 saturated carbocycles. The van der Waals surface area contributed by atoms with Crippen LogP contribution >= 0.6 is 0 Å². The van der Waals surface area contributed by atoms with Crippen molar-refractivity contribution in [1.82, 2.24) is 5.32 Å². The Hall–Kier alpha value is -3.55. The van der Waals surface area contributed by atoms with Gasteiger partial charge in [-0.3, -0.25) is 14.4 Å². The molecule has 1 fully saturated rings. The molecule has 188 valence electrons. The van der Waals surface area contributed by atoms with E-state index in [-0.39, 0.29) is 24.8 Å². The summed E-state index contributed by atoms with van der Waals surface area (Å²) in [5.41, 5.74) is 2.01. The average Bonchev–Trinajstić information content (AvgIpc) is 2.81. The summed E-state index contributed by atoms with van der Waals surface area (Å²) in [6.45, 7) is 7.14. The van der Waals surface area contributed by atoms with Crippen LogP contribution in [0.2, 0.25) is 0 Å². The number of carbonyl (C=O) groups is 3. The average molecular weight is 483 g/mol. The van der Waals surface area contributed by atoms with Gasteiger partial charge >= 0.3 is 5.97 Å². The van der Waals surface area contributed by atoms with Crippen molar-refractivity contribution in [3.8, 4) is 11.5 Å². The van der Waals surface area contributed by atoms with Gasteiger partial charge in [0, 0.05) is 17.6 Å². The van der Waals surface area contributed by atoms with Gasteiger partial charge in [-0.2, -0.15) is 0 Å². The molecule has 3 rings (SSSR count). The van der Waals surface area contributed by atoms with Crippen molar-refractivity contribution >= 4 is 23.5 Å². The number of amides is 2. The van der Waals surface area contributed by atoms with Crippen LogP contribution < -0.4 is 19.7 Å². The summed E-state index contributed by atoms with van der Waals surface area (Å²) >= 11 is 0. The summed E-state index contributed by atoms with van der Waals surface area (Å²) in [5.74, 6) is -0.645. The van der Waals surface area contributed by atoms with Crippen molar-refractivity contribution in [3.05, 3.63) is 53.6 Å². The predicted molar refractivity (Wildman–Crippen MR) is 133 cm³/mol. The second-order valence-corrected chi connectivity index (χ2v) is 9.71. The van der Waals surface area contributed by atoms with E-state index in [1.165, 1.54) is 7.11 Å². The van der Waals surface area contributed by atoms with Gasteiger partial charge in [-0.1, -0.05) is 23.8 Å².